The van der Waals surface area contributed by atoms with Crippen LogP contribution in [0.25, 0.3) is 0 Å². The fraction of sp³-hybridized carbons (Fsp3) is 0.565. The molecule has 0 bridgehead atoms. The van der Waals surface area contributed by atoms with E-state index in [1.807, 2.05) is 20.8 Å². The number of nitrogens with zero attached hydrogens (tertiary/aromatic N) is 1. The van der Waals surface area contributed by atoms with Gasteiger partial charge in [-0.25, -0.2) is 18.7 Å². The van der Waals surface area contributed by atoms with Gasteiger partial charge in [0, 0.05) is 16.7 Å². The van der Waals surface area contributed by atoms with Gasteiger partial charge in [0.1, 0.15) is 24.5 Å². The van der Waals surface area contributed by atoms with Crippen LogP contribution in [-0.2, 0) is 19.6 Å². The normalized spacial score (nSPS) is 21.2. The van der Waals surface area contributed by atoms with E-state index in [2.05, 4.69) is 11.8 Å². The number of rotatable bonds is 7. The zero-order valence-corrected chi connectivity index (χ0v) is 22.3. The average Bonchev–Trinajstić information content (AvgIpc) is 2.75. The summed E-state index contributed by atoms with van der Waals surface area (Å²) >= 11 is 1.30. The highest BCUT2D eigenvalue weighted by Crippen LogP contribution is 2.46. The molecule has 0 aromatic heterocycles. The molecule has 194 valence electrons. The molecule has 2 amide bonds. The van der Waals surface area contributed by atoms with Crippen LogP contribution >= 0.6 is 11.8 Å². The molecule has 1 heterocycles. The van der Waals surface area contributed by atoms with Gasteiger partial charge in [0.15, 0.2) is 0 Å². The van der Waals surface area contributed by atoms with E-state index >= 15 is 0 Å². The van der Waals surface area contributed by atoms with Gasteiger partial charge in [0.2, 0.25) is 10.0 Å². The van der Waals surface area contributed by atoms with Gasteiger partial charge in [0.05, 0.1) is 10.1 Å². The van der Waals surface area contributed by atoms with Crippen molar-refractivity contribution in [3.8, 4) is 17.6 Å². The largest absolute Gasteiger partial charge is 0.481 e. The Kier molecular flexibility index (Phi) is 9.10. The lowest BCUT2D eigenvalue weighted by Gasteiger charge is -2.49. The summed E-state index contributed by atoms with van der Waals surface area (Å²) in [6.45, 7) is 10.6. The first-order chi connectivity index (χ1) is 16.1. The van der Waals surface area contributed by atoms with E-state index in [4.69, 9.17) is 15.2 Å². The number of benzene rings is 1. The first-order valence-electron chi connectivity index (χ1n) is 10.9. The maximum Gasteiger partial charge on any atom is 0.404 e. The number of amides is 2. The molecule has 1 aromatic rings. The lowest BCUT2D eigenvalue weighted by atomic mass is 9.86. The van der Waals surface area contributed by atoms with E-state index in [-0.39, 0.29) is 18.0 Å². The highest BCUT2D eigenvalue weighted by Gasteiger charge is 2.54. The highest BCUT2D eigenvalue weighted by atomic mass is 32.2. The Morgan fingerprint density at radius 2 is 1.91 bits per heavy atom. The van der Waals surface area contributed by atoms with Gasteiger partial charge in [-0.05, 0) is 45.0 Å². The van der Waals surface area contributed by atoms with Gasteiger partial charge in [-0.3, -0.25) is 10.0 Å². The van der Waals surface area contributed by atoms with Gasteiger partial charge in [-0.15, -0.1) is 17.7 Å². The summed E-state index contributed by atoms with van der Waals surface area (Å²) in [5.74, 6) is 5.02. The molecule has 1 saturated heterocycles. The molecule has 1 aliphatic heterocycles. The van der Waals surface area contributed by atoms with Gasteiger partial charge in [-0.2, -0.15) is 4.31 Å². The number of carbonyl (C=O) groups is 2. The quantitative estimate of drug-likeness (QED) is 0.278. The maximum absolute atomic E-state index is 13.8. The summed E-state index contributed by atoms with van der Waals surface area (Å²) < 4.78 is 38.5. The molecule has 12 heteroatoms. The molecule has 1 aromatic carbocycles. The Balaban J connectivity index is 2.53. The molecular weight excluding hydrogens is 494 g/mol. The summed E-state index contributed by atoms with van der Waals surface area (Å²) in [5, 5.41) is 8.84. The number of primary amides is 1. The third kappa shape index (κ3) is 6.82. The standard InChI is InChI=1S/C23H33N3O7S2/c1-7-8-13-32-15-9-11-16(12-10-15)35(30,31)26-14-17(19(22(2,3)4)33-21(24)28)34-23(5,6)18(26)20(27)25-29/h9-12,17-19,29H,13-14H2,1-6H3,(H2,24,28)(H,25,27)/t17-,18+,19?/m1/s1. The lowest BCUT2D eigenvalue weighted by molar-refractivity contribution is -0.134. The van der Waals surface area contributed by atoms with Gasteiger partial charge >= 0.3 is 6.09 Å². The van der Waals surface area contributed by atoms with Crippen molar-refractivity contribution in [1.29, 1.82) is 0 Å². The molecule has 4 N–H and O–H groups in total. The number of thioether (sulfide) groups is 1. The molecular formula is C23H33N3O7S2. The third-order valence-electron chi connectivity index (χ3n) is 5.47. The molecule has 1 fully saturated rings. The average molecular weight is 528 g/mol. The topological polar surface area (TPSA) is 148 Å². The lowest BCUT2D eigenvalue weighted by Crippen LogP contribution is -2.65. The number of hydrogen-bond donors (Lipinski definition) is 3. The Morgan fingerprint density at radius 3 is 2.40 bits per heavy atom. The summed E-state index contributed by atoms with van der Waals surface area (Å²) in [5.41, 5.74) is 6.32. The van der Waals surface area contributed by atoms with Crippen LogP contribution in [0.4, 0.5) is 4.79 Å². The molecule has 35 heavy (non-hydrogen) atoms. The van der Waals surface area contributed by atoms with E-state index < -0.39 is 49.6 Å². The molecule has 2 rings (SSSR count). The number of nitrogens with one attached hydrogen (secondary N) is 1. The maximum atomic E-state index is 13.8. The van der Waals surface area contributed by atoms with Crippen molar-refractivity contribution in [2.75, 3.05) is 13.2 Å². The van der Waals surface area contributed by atoms with E-state index in [1.165, 1.54) is 36.0 Å². The SMILES string of the molecule is CC#CCOc1ccc(S(=O)(=O)N2C[C@H](C(OC(N)=O)C(C)(C)C)SC(C)(C)[C@@H]2C(=O)NO)cc1. The van der Waals surface area contributed by atoms with Crippen LogP contribution in [0, 0.1) is 17.3 Å². The molecule has 3 atom stereocenters. The monoisotopic (exact) mass is 527 g/mol. The second-order valence-electron chi connectivity index (χ2n) is 9.62. The fourth-order valence-corrected chi connectivity index (χ4v) is 7.87. The summed E-state index contributed by atoms with van der Waals surface area (Å²) in [6.07, 6.45) is -1.73. The van der Waals surface area contributed by atoms with E-state index in [0.29, 0.717) is 5.75 Å². The summed E-state index contributed by atoms with van der Waals surface area (Å²) in [6, 6.07) is 4.51. The van der Waals surface area contributed by atoms with Crippen molar-refractivity contribution in [3.63, 3.8) is 0 Å². The van der Waals surface area contributed by atoms with Crippen LogP contribution in [0.15, 0.2) is 29.2 Å². The zero-order valence-electron chi connectivity index (χ0n) is 20.7. The van der Waals surface area contributed by atoms with E-state index in [1.54, 1.807) is 26.3 Å². The minimum absolute atomic E-state index is 0.0632. The molecule has 10 nitrogen and oxygen atoms in total. The minimum Gasteiger partial charge on any atom is -0.481 e. The number of hydrogen-bond acceptors (Lipinski definition) is 8. The van der Waals surface area contributed by atoms with Crippen LogP contribution in [0.3, 0.4) is 0 Å². The fourth-order valence-electron chi connectivity index (χ4n) is 3.99. The first-order valence-corrected chi connectivity index (χ1v) is 13.2. The zero-order chi connectivity index (χ0) is 26.6. The predicted molar refractivity (Wildman–Crippen MR) is 132 cm³/mol. The minimum atomic E-state index is -4.23. The van der Waals surface area contributed by atoms with Crippen LogP contribution in [0.5, 0.6) is 5.75 Å². The first kappa shape index (κ1) is 28.8. The molecule has 0 radical (unpaired) electrons. The number of carbonyl (C=O) groups excluding carboxylic acids is 2. The number of ether oxygens (including phenoxy) is 2. The molecule has 1 unspecified atom stereocenters. The van der Waals surface area contributed by atoms with Crippen molar-refractivity contribution in [1.82, 2.24) is 9.79 Å². The molecule has 1 aliphatic rings. The van der Waals surface area contributed by atoms with Crippen LogP contribution < -0.4 is 16.0 Å². The predicted octanol–water partition coefficient (Wildman–Crippen LogP) is 2.36. The number of sulfonamides is 1. The smallest absolute Gasteiger partial charge is 0.404 e. The van der Waals surface area contributed by atoms with E-state index in [9.17, 15) is 23.2 Å². The molecule has 0 saturated carbocycles. The van der Waals surface area contributed by atoms with Gasteiger partial charge < -0.3 is 15.2 Å². The van der Waals surface area contributed by atoms with Crippen LogP contribution in [-0.4, -0.2) is 65.2 Å². The Bertz CT molecular complexity index is 1090. The van der Waals surface area contributed by atoms with Crippen LogP contribution in [0.1, 0.15) is 41.5 Å². The Hall–Kier alpha value is -2.46. The Morgan fingerprint density at radius 1 is 1.31 bits per heavy atom. The second kappa shape index (κ2) is 11.1. The second-order valence-corrected chi connectivity index (χ2v) is 13.4. The Labute approximate surface area is 210 Å². The van der Waals surface area contributed by atoms with Crippen molar-refractivity contribution in [2.45, 2.75) is 68.6 Å². The third-order valence-corrected chi connectivity index (χ3v) is 8.85. The summed E-state index contributed by atoms with van der Waals surface area (Å²) in [4.78, 5) is 24.3. The number of nitrogens with two attached hydrogens (primary N) is 1. The van der Waals surface area contributed by atoms with E-state index in [0.717, 1.165) is 4.31 Å². The van der Waals surface area contributed by atoms with Crippen molar-refractivity contribution >= 4 is 33.8 Å². The van der Waals surface area contributed by atoms with Crippen LogP contribution in [0.2, 0.25) is 0 Å². The molecule has 0 aliphatic carbocycles. The van der Waals surface area contributed by atoms with Crippen molar-refractivity contribution in [3.05, 3.63) is 24.3 Å². The molecule has 0 spiro atoms. The van der Waals surface area contributed by atoms with Gasteiger partial charge in [0.25, 0.3) is 5.91 Å². The highest BCUT2D eigenvalue weighted by molar-refractivity contribution is 8.01. The van der Waals surface area contributed by atoms with Gasteiger partial charge in [-0.1, -0.05) is 26.7 Å². The van der Waals surface area contributed by atoms with Crippen molar-refractivity contribution in [2.24, 2.45) is 11.1 Å². The summed E-state index contributed by atoms with van der Waals surface area (Å²) in [7, 11) is -4.23. The number of hydroxylamine groups is 1. The van der Waals surface area contributed by atoms with Crippen molar-refractivity contribution < 1.29 is 32.7 Å².